The van der Waals surface area contributed by atoms with E-state index in [1.807, 2.05) is 0 Å². The minimum atomic E-state index is 0.248. The van der Waals surface area contributed by atoms with E-state index in [0.29, 0.717) is 6.04 Å². The van der Waals surface area contributed by atoms with Gasteiger partial charge in [0.1, 0.15) is 0 Å². The van der Waals surface area contributed by atoms with Gasteiger partial charge in [-0.1, -0.05) is 6.92 Å². The minimum Gasteiger partial charge on any atom is -0.326 e. The fraction of sp³-hybridized carbons (Fsp3) is 0.765. The molecule has 21 heavy (non-hydrogen) atoms. The molecule has 2 fully saturated rings. The second kappa shape index (κ2) is 6.78. The molecule has 0 aromatic carbocycles. The van der Waals surface area contributed by atoms with Crippen molar-refractivity contribution in [3.8, 4) is 0 Å². The van der Waals surface area contributed by atoms with Crippen LogP contribution in [-0.4, -0.2) is 48.6 Å². The largest absolute Gasteiger partial charge is 0.326 e. The first-order valence-electron chi connectivity index (χ1n) is 8.42. The van der Waals surface area contributed by atoms with E-state index in [-0.39, 0.29) is 6.04 Å². The van der Waals surface area contributed by atoms with Crippen LogP contribution >= 0.6 is 11.3 Å². The molecule has 0 saturated carbocycles. The summed E-state index contributed by atoms with van der Waals surface area (Å²) >= 11 is 1.79. The molecule has 0 amide bonds. The Balaban J connectivity index is 1.75. The zero-order chi connectivity index (χ0) is 14.8. The topological polar surface area (TPSA) is 32.5 Å². The molecular weight excluding hydrogens is 278 g/mol. The zero-order valence-electron chi connectivity index (χ0n) is 13.4. The van der Waals surface area contributed by atoms with Gasteiger partial charge in [0.15, 0.2) is 0 Å². The summed E-state index contributed by atoms with van der Waals surface area (Å²) in [5, 5.41) is 4.48. The molecule has 3 nitrogen and oxygen atoms in total. The fourth-order valence-electron chi connectivity index (χ4n) is 4.33. The number of fused-ring (bicyclic) bond motifs is 1. The molecular formula is C17H29N3S. The van der Waals surface area contributed by atoms with Crippen molar-refractivity contribution in [2.75, 3.05) is 26.7 Å². The minimum absolute atomic E-state index is 0.248. The lowest BCUT2D eigenvalue weighted by Crippen LogP contribution is -2.55. The van der Waals surface area contributed by atoms with Crippen LogP contribution in [-0.2, 0) is 0 Å². The Labute approximate surface area is 133 Å². The van der Waals surface area contributed by atoms with Crippen molar-refractivity contribution in [1.29, 1.82) is 0 Å². The van der Waals surface area contributed by atoms with Crippen LogP contribution in [0.1, 0.15) is 44.2 Å². The molecule has 0 radical (unpaired) electrons. The number of thiophene rings is 1. The van der Waals surface area contributed by atoms with Crippen molar-refractivity contribution in [2.45, 2.75) is 50.7 Å². The number of hydrogen-bond acceptors (Lipinski definition) is 4. The molecule has 2 N–H and O–H groups in total. The van der Waals surface area contributed by atoms with Crippen LogP contribution in [0.4, 0.5) is 0 Å². The van der Waals surface area contributed by atoms with Gasteiger partial charge in [-0.15, -0.1) is 0 Å². The van der Waals surface area contributed by atoms with Gasteiger partial charge in [-0.3, -0.25) is 4.90 Å². The average Bonchev–Trinajstić information content (AvgIpc) is 3.01. The molecule has 1 aromatic heterocycles. The highest BCUT2D eigenvalue weighted by Gasteiger charge is 2.37. The molecule has 3 heterocycles. The van der Waals surface area contributed by atoms with Gasteiger partial charge in [0.05, 0.1) is 6.04 Å². The van der Waals surface area contributed by atoms with E-state index in [4.69, 9.17) is 5.73 Å². The van der Waals surface area contributed by atoms with Gasteiger partial charge in [-0.25, -0.2) is 0 Å². The van der Waals surface area contributed by atoms with Crippen LogP contribution in [0.3, 0.4) is 0 Å². The summed E-state index contributed by atoms with van der Waals surface area (Å²) in [4.78, 5) is 5.27. The zero-order valence-corrected chi connectivity index (χ0v) is 14.2. The summed E-state index contributed by atoms with van der Waals surface area (Å²) in [6.07, 6.45) is 5.10. The Morgan fingerprint density at radius 1 is 1.38 bits per heavy atom. The number of likely N-dealkylation sites (tertiary alicyclic amines) is 2. The van der Waals surface area contributed by atoms with Gasteiger partial charge in [0.25, 0.3) is 0 Å². The summed E-state index contributed by atoms with van der Waals surface area (Å²) < 4.78 is 0. The molecule has 4 unspecified atom stereocenters. The second-order valence-electron chi connectivity index (χ2n) is 6.81. The second-order valence-corrected chi connectivity index (χ2v) is 7.59. The Bertz CT molecular complexity index is 433. The van der Waals surface area contributed by atoms with Crippen LogP contribution in [0.15, 0.2) is 16.8 Å². The highest BCUT2D eigenvalue weighted by Crippen LogP contribution is 2.35. The van der Waals surface area contributed by atoms with E-state index in [0.717, 1.165) is 18.4 Å². The van der Waals surface area contributed by atoms with Crippen molar-refractivity contribution in [3.05, 3.63) is 22.4 Å². The van der Waals surface area contributed by atoms with Gasteiger partial charge < -0.3 is 10.6 Å². The van der Waals surface area contributed by atoms with E-state index in [1.165, 1.54) is 44.5 Å². The van der Waals surface area contributed by atoms with Crippen molar-refractivity contribution < 1.29 is 0 Å². The SMILES string of the molecule is CCC(N)C(c1ccsc1)N1CCC2C(CCCN2C)C1. The Kier molecular flexibility index (Phi) is 4.99. The monoisotopic (exact) mass is 307 g/mol. The number of hydrogen-bond donors (Lipinski definition) is 1. The highest BCUT2D eigenvalue weighted by atomic mass is 32.1. The third kappa shape index (κ3) is 3.19. The third-order valence-electron chi connectivity index (χ3n) is 5.53. The van der Waals surface area contributed by atoms with Gasteiger partial charge in [0.2, 0.25) is 0 Å². The van der Waals surface area contributed by atoms with Crippen molar-refractivity contribution in [3.63, 3.8) is 0 Å². The van der Waals surface area contributed by atoms with Crippen LogP contribution < -0.4 is 5.73 Å². The van der Waals surface area contributed by atoms with Crippen molar-refractivity contribution in [1.82, 2.24) is 9.80 Å². The first-order chi connectivity index (χ1) is 10.2. The van der Waals surface area contributed by atoms with E-state index in [1.54, 1.807) is 11.3 Å². The molecule has 2 saturated heterocycles. The van der Waals surface area contributed by atoms with Crippen molar-refractivity contribution >= 4 is 11.3 Å². The molecule has 0 aliphatic carbocycles. The molecule has 2 aliphatic heterocycles. The molecule has 4 heteroatoms. The Morgan fingerprint density at radius 2 is 2.24 bits per heavy atom. The predicted octanol–water partition coefficient (Wildman–Crippen LogP) is 2.94. The molecule has 2 aliphatic rings. The number of rotatable bonds is 4. The molecule has 118 valence electrons. The van der Waals surface area contributed by atoms with E-state index in [9.17, 15) is 0 Å². The van der Waals surface area contributed by atoms with Crippen LogP contribution in [0.25, 0.3) is 0 Å². The van der Waals surface area contributed by atoms with Gasteiger partial charge in [0, 0.05) is 25.2 Å². The van der Waals surface area contributed by atoms with Crippen LogP contribution in [0.5, 0.6) is 0 Å². The summed E-state index contributed by atoms with van der Waals surface area (Å²) in [6.45, 7) is 5.91. The lowest BCUT2D eigenvalue weighted by atomic mass is 9.82. The summed E-state index contributed by atoms with van der Waals surface area (Å²) in [5.41, 5.74) is 7.91. The smallest absolute Gasteiger partial charge is 0.0507 e. The van der Waals surface area contributed by atoms with Crippen molar-refractivity contribution in [2.24, 2.45) is 11.7 Å². The first kappa shape index (κ1) is 15.5. The molecule has 3 rings (SSSR count). The number of nitrogens with zero attached hydrogens (tertiary/aromatic N) is 2. The third-order valence-corrected chi connectivity index (χ3v) is 6.23. The molecule has 4 atom stereocenters. The summed E-state index contributed by atoms with van der Waals surface area (Å²) in [5.74, 6) is 0.836. The Morgan fingerprint density at radius 3 is 2.95 bits per heavy atom. The van der Waals surface area contributed by atoms with Gasteiger partial charge in [-0.2, -0.15) is 11.3 Å². The standard InChI is InChI=1S/C17H29N3S/c1-3-15(18)17(14-7-10-21-12-14)20-9-6-16-13(11-20)5-4-8-19(16)2/h7,10,12-13,15-17H,3-6,8-9,11,18H2,1-2H3. The maximum Gasteiger partial charge on any atom is 0.0507 e. The number of nitrogens with two attached hydrogens (primary N) is 1. The van der Waals surface area contributed by atoms with Gasteiger partial charge in [-0.05, 0) is 67.6 Å². The summed E-state index contributed by atoms with van der Waals surface area (Å²) in [6, 6.07) is 3.73. The molecule has 0 bridgehead atoms. The summed E-state index contributed by atoms with van der Waals surface area (Å²) in [7, 11) is 2.31. The van der Waals surface area contributed by atoms with Gasteiger partial charge >= 0.3 is 0 Å². The maximum absolute atomic E-state index is 6.49. The normalized spacial score (nSPS) is 30.8. The van der Waals surface area contributed by atoms with E-state index >= 15 is 0 Å². The quantitative estimate of drug-likeness (QED) is 0.928. The Hall–Kier alpha value is -0.420. The fourth-order valence-corrected chi connectivity index (χ4v) is 5.02. The lowest BCUT2D eigenvalue weighted by molar-refractivity contribution is 0.0140. The average molecular weight is 308 g/mol. The molecule has 1 aromatic rings. The highest BCUT2D eigenvalue weighted by molar-refractivity contribution is 7.07. The number of piperidine rings is 2. The van der Waals surface area contributed by atoms with E-state index < -0.39 is 0 Å². The van der Waals surface area contributed by atoms with E-state index in [2.05, 4.69) is 40.6 Å². The van der Waals surface area contributed by atoms with Crippen LogP contribution in [0, 0.1) is 5.92 Å². The predicted molar refractivity (Wildman–Crippen MR) is 90.7 cm³/mol. The lowest BCUT2D eigenvalue weighted by Gasteiger charge is -2.48. The first-order valence-corrected chi connectivity index (χ1v) is 9.37. The maximum atomic E-state index is 6.49. The molecule has 0 spiro atoms. The van der Waals surface area contributed by atoms with Crippen LogP contribution in [0.2, 0.25) is 0 Å².